The van der Waals surface area contributed by atoms with Gasteiger partial charge in [0.1, 0.15) is 5.75 Å². The van der Waals surface area contributed by atoms with Gasteiger partial charge < -0.3 is 10.5 Å². The third kappa shape index (κ3) is 3.46. The predicted molar refractivity (Wildman–Crippen MR) is 77.5 cm³/mol. The van der Waals surface area contributed by atoms with Gasteiger partial charge in [0, 0.05) is 6.20 Å². The van der Waals surface area contributed by atoms with Crippen LogP contribution in [0.15, 0.2) is 42.6 Å². The number of aromatic nitrogens is 1. The summed E-state index contributed by atoms with van der Waals surface area (Å²) in [7, 11) is 0. The van der Waals surface area contributed by atoms with Crippen LogP contribution in [-0.4, -0.2) is 11.6 Å². The van der Waals surface area contributed by atoms with Crippen molar-refractivity contribution in [1.29, 1.82) is 0 Å². The lowest BCUT2D eigenvalue weighted by molar-refractivity contribution is 0.317. The second-order valence-corrected chi connectivity index (χ2v) is 4.67. The third-order valence-corrected chi connectivity index (χ3v) is 3.11. The first-order chi connectivity index (χ1) is 9.22. The molecule has 2 aromatic rings. The van der Waals surface area contributed by atoms with Crippen LogP contribution in [-0.2, 0) is 0 Å². The SMILES string of the molecule is CCCOc1ccc(C(N)c2ncccc2Cl)cc1. The number of halogens is 1. The molecule has 1 heterocycles. The lowest BCUT2D eigenvalue weighted by atomic mass is 10.0. The molecule has 4 heteroatoms. The van der Waals surface area contributed by atoms with Crippen LogP contribution in [0, 0.1) is 0 Å². The first kappa shape index (κ1) is 13.8. The van der Waals surface area contributed by atoms with E-state index >= 15 is 0 Å². The van der Waals surface area contributed by atoms with Crippen molar-refractivity contribution in [2.45, 2.75) is 19.4 Å². The first-order valence-corrected chi connectivity index (χ1v) is 6.69. The summed E-state index contributed by atoms with van der Waals surface area (Å²) in [6.07, 6.45) is 2.69. The van der Waals surface area contributed by atoms with E-state index in [9.17, 15) is 0 Å². The lowest BCUT2D eigenvalue weighted by Gasteiger charge is -2.13. The Labute approximate surface area is 118 Å². The number of ether oxygens (including phenoxy) is 1. The molecule has 0 saturated heterocycles. The van der Waals surface area contributed by atoms with Crippen LogP contribution in [0.4, 0.5) is 0 Å². The van der Waals surface area contributed by atoms with E-state index in [-0.39, 0.29) is 6.04 Å². The zero-order valence-corrected chi connectivity index (χ0v) is 11.6. The maximum absolute atomic E-state index is 6.18. The van der Waals surface area contributed by atoms with Crippen molar-refractivity contribution in [3.05, 3.63) is 58.9 Å². The Balaban J connectivity index is 2.16. The Bertz CT molecular complexity index is 528. The quantitative estimate of drug-likeness (QED) is 0.908. The topological polar surface area (TPSA) is 48.1 Å². The number of hydrogen-bond donors (Lipinski definition) is 1. The number of hydrogen-bond acceptors (Lipinski definition) is 3. The minimum atomic E-state index is -0.325. The van der Waals surface area contributed by atoms with Gasteiger partial charge in [0.05, 0.1) is 23.4 Å². The molecule has 100 valence electrons. The molecule has 0 bridgehead atoms. The average Bonchev–Trinajstić information content (AvgIpc) is 2.45. The fourth-order valence-corrected chi connectivity index (χ4v) is 2.02. The number of nitrogens with two attached hydrogens (primary N) is 1. The lowest BCUT2D eigenvalue weighted by Crippen LogP contribution is -2.14. The average molecular weight is 277 g/mol. The summed E-state index contributed by atoms with van der Waals surface area (Å²) in [4.78, 5) is 4.24. The molecule has 2 rings (SSSR count). The second-order valence-electron chi connectivity index (χ2n) is 4.27. The van der Waals surface area contributed by atoms with Crippen LogP contribution in [0.2, 0.25) is 5.02 Å². The standard InChI is InChI=1S/C15H17ClN2O/c1-2-10-19-12-7-5-11(6-8-12)14(17)15-13(16)4-3-9-18-15/h3-9,14H,2,10,17H2,1H3. The highest BCUT2D eigenvalue weighted by Gasteiger charge is 2.13. The highest BCUT2D eigenvalue weighted by molar-refractivity contribution is 6.31. The summed E-state index contributed by atoms with van der Waals surface area (Å²) in [5.41, 5.74) is 7.83. The number of rotatable bonds is 5. The van der Waals surface area contributed by atoms with E-state index < -0.39 is 0 Å². The molecule has 2 N–H and O–H groups in total. The molecule has 0 radical (unpaired) electrons. The van der Waals surface area contributed by atoms with Crippen molar-refractivity contribution in [3.8, 4) is 5.75 Å². The highest BCUT2D eigenvalue weighted by atomic mass is 35.5. The summed E-state index contributed by atoms with van der Waals surface area (Å²) in [6, 6.07) is 11.0. The molecule has 3 nitrogen and oxygen atoms in total. The van der Waals surface area contributed by atoms with Crippen molar-refractivity contribution in [2.24, 2.45) is 5.73 Å². The predicted octanol–water partition coefficient (Wildman–Crippen LogP) is 3.57. The molecule has 1 aromatic heterocycles. The van der Waals surface area contributed by atoms with Gasteiger partial charge >= 0.3 is 0 Å². The maximum Gasteiger partial charge on any atom is 0.119 e. The van der Waals surface area contributed by atoms with Gasteiger partial charge in [-0.3, -0.25) is 4.98 Å². The van der Waals surface area contributed by atoms with Gasteiger partial charge in [-0.15, -0.1) is 0 Å². The van der Waals surface area contributed by atoms with E-state index in [0.29, 0.717) is 10.7 Å². The Hall–Kier alpha value is -1.58. The largest absolute Gasteiger partial charge is 0.494 e. The molecule has 0 fully saturated rings. The van der Waals surface area contributed by atoms with Gasteiger partial charge in [-0.25, -0.2) is 0 Å². The summed E-state index contributed by atoms with van der Waals surface area (Å²) in [5, 5.41) is 0.585. The fraction of sp³-hybridized carbons (Fsp3) is 0.267. The van der Waals surface area contributed by atoms with E-state index in [1.807, 2.05) is 24.3 Å². The van der Waals surface area contributed by atoms with Gasteiger partial charge in [-0.1, -0.05) is 30.7 Å². The van der Waals surface area contributed by atoms with Gasteiger partial charge in [0.25, 0.3) is 0 Å². The normalized spacial score (nSPS) is 12.2. The number of pyridine rings is 1. The van der Waals surface area contributed by atoms with E-state index in [1.54, 1.807) is 18.3 Å². The minimum Gasteiger partial charge on any atom is -0.494 e. The summed E-state index contributed by atoms with van der Waals surface area (Å²) >= 11 is 6.10. The Morgan fingerprint density at radius 3 is 2.63 bits per heavy atom. The van der Waals surface area contributed by atoms with Crippen LogP contribution >= 0.6 is 11.6 Å². The maximum atomic E-state index is 6.18. The zero-order chi connectivity index (χ0) is 13.7. The van der Waals surface area contributed by atoms with E-state index in [0.717, 1.165) is 24.3 Å². The monoisotopic (exact) mass is 276 g/mol. The summed E-state index contributed by atoms with van der Waals surface area (Å²) in [5.74, 6) is 0.852. The van der Waals surface area contributed by atoms with E-state index in [2.05, 4.69) is 11.9 Å². The van der Waals surface area contributed by atoms with Gasteiger partial charge in [-0.2, -0.15) is 0 Å². The Kier molecular flexibility index (Phi) is 4.77. The van der Waals surface area contributed by atoms with Crippen LogP contribution in [0.5, 0.6) is 5.75 Å². The molecular formula is C15H17ClN2O. The first-order valence-electron chi connectivity index (χ1n) is 6.31. The van der Waals surface area contributed by atoms with E-state index in [1.165, 1.54) is 0 Å². The van der Waals surface area contributed by atoms with Crippen LogP contribution in [0.25, 0.3) is 0 Å². The highest BCUT2D eigenvalue weighted by Crippen LogP contribution is 2.25. The second kappa shape index (κ2) is 6.55. The van der Waals surface area contributed by atoms with Gasteiger partial charge in [-0.05, 0) is 36.2 Å². The zero-order valence-electron chi connectivity index (χ0n) is 10.8. The third-order valence-electron chi connectivity index (χ3n) is 2.79. The van der Waals surface area contributed by atoms with Crippen molar-refractivity contribution < 1.29 is 4.74 Å². The molecule has 19 heavy (non-hydrogen) atoms. The molecule has 0 saturated carbocycles. The fourth-order valence-electron chi connectivity index (χ4n) is 1.78. The minimum absolute atomic E-state index is 0.325. The molecule has 1 unspecified atom stereocenters. The van der Waals surface area contributed by atoms with Crippen molar-refractivity contribution >= 4 is 11.6 Å². The Morgan fingerprint density at radius 2 is 2.00 bits per heavy atom. The smallest absolute Gasteiger partial charge is 0.119 e. The van der Waals surface area contributed by atoms with Crippen molar-refractivity contribution in [1.82, 2.24) is 4.98 Å². The molecule has 0 aliphatic heterocycles. The van der Waals surface area contributed by atoms with Gasteiger partial charge in [0.2, 0.25) is 0 Å². The molecule has 0 spiro atoms. The molecule has 0 amide bonds. The number of nitrogens with zero attached hydrogens (tertiary/aromatic N) is 1. The molecule has 1 aromatic carbocycles. The molecule has 0 aliphatic rings. The molecule has 0 aliphatic carbocycles. The van der Waals surface area contributed by atoms with E-state index in [4.69, 9.17) is 22.1 Å². The Morgan fingerprint density at radius 1 is 1.26 bits per heavy atom. The summed E-state index contributed by atoms with van der Waals surface area (Å²) in [6.45, 7) is 2.80. The molecule has 1 atom stereocenters. The summed E-state index contributed by atoms with van der Waals surface area (Å²) < 4.78 is 5.54. The van der Waals surface area contributed by atoms with Crippen LogP contribution in [0.1, 0.15) is 30.6 Å². The number of benzene rings is 1. The molecular weight excluding hydrogens is 260 g/mol. The van der Waals surface area contributed by atoms with Crippen molar-refractivity contribution in [3.63, 3.8) is 0 Å². The van der Waals surface area contributed by atoms with Crippen molar-refractivity contribution in [2.75, 3.05) is 6.61 Å². The van der Waals surface area contributed by atoms with Crippen LogP contribution < -0.4 is 10.5 Å². The van der Waals surface area contributed by atoms with Gasteiger partial charge in [0.15, 0.2) is 0 Å². The van der Waals surface area contributed by atoms with Crippen LogP contribution in [0.3, 0.4) is 0 Å².